The molecule has 0 bridgehead atoms. The first-order valence-corrected chi connectivity index (χ1v) is 12.5. The largest absolute Gasteiger partial charge is 0.481 e. The van der Waals surface area contributed by atoms with Crippen molar-refractivity contribution in [2.75, 3.05) is 26.3 Å². The summed E-state index contributed by atoms with van der Waals surface area (Å²) in [6.45, 7) is 9.89. The molecule has 1 N–H and O–H groups in total. The predicted octanol–water partition coefficient (Wildman–Crippen LogP) is 3.15. The highest BCUT2D eigenvalue weighted by Crippen LogP contribution is 2.26. The van der Waals surface area contributed by atoms with Crippen molar-refractivity contribution in [3.8, 4) is 5.75 Å². The molecule has 0 saturated carbocycles. The summed E-state index contributed by atoms with van der Waals surface area (Å²) in [7, 11) is -3.52. The lowest BCUT2D eigenvalue weighted by atomic mass is 9.87. The van der Waals surface area contributed by atoms with Crippen molar-refractivity contribution >= 4 is 27.3 Å². The number of hydrogen-bond acceptors (Lipinski definition) is 6. The van der Waals surface area contributed by atoms with Crippen LogP contribution in [0.1, 0.15) is 38.1 Å². The second kappa shape index (κ2) is 9.68. The zero-order chi connectivity index (χ0) is 22.6. The number of nitrogens with zero attached hydrogens (tertiary/aromatic N) is 1. The van der Waals surface area contributed by atoms with Crippen molar-refractivity contribution in [2.24, 2.45) is 0 Å². The van der Waals surface area contributed by atoms with Crippen LogP contribution in [-0.2, 0) is 31.5 Å². The van der Waals surface area contributed by atoms with Crippen molar-refractivity contribution in [3.05, 3.63) is 46.8 Å². The Morgan fingerprint density at radius 2 is 1.81 bits per heavy atom. The number of hydrogen-bond donors (Lipinski definition) is 1. The van der Waals surface area contributed by atoms with Crippen LogP contribution in [0, 0.1) is 0 Å². The lowest BCUT2D eigenvalue weighted by Crippen LogP contribution is -2.40. The van der Waals surface area contributed by atoms with Crippen molar-refractivity contribution in [1.82, 2.24) is 9.62 Å². The van der Waals surface area contributed by atoms with E-state index in [1.54, 1.807) is 19.1 Å². The molecule has 1 amide bonds. The number of nitrogens with one attached hydrogen (secondary N) is 1. The number of amides is 1. The third-order valence-corrected chi connectivity index (χ3v) is 8.49. The fraction of sp³-hybridized carbons (Fsp3) is 0.500. The number of benzene rings is 1. The second-order valence-electron chi connectivity index (χ2n) is 8.49. The molecule has 0 radical (unpaired) electrons. The topological polar surface area (TPSA) is 84.9 Å². The highest BCUT2D eigenvalue weighted by Gasteiger charge is 2.27. The first kappa shape index (κ1) is 23.7. The normalized spacial score (nSPS) is 16.6. The van der Waals surface area contributed by atoms with Gasteiger partial charge in [0.2, 0.25) is 0 Å². The van der Waals surface area contributed by atoms with Gasteiger partial charge in [-0.1, -0.05) is 32.9 Å². The van der Waals surface area contributed by atoms with Crippen LogP contribution in [0.15, 0.2) is 40.6 Å². The van der Waals surface area contributed by atoms with Gasteiger partial charge < -0.3 is 14.8 Å². The van der Waals surface area contributed by atoms with E-state index in [4.69, 9.17) is 9.47 Å². The first-order chi connectivity index (χ1) is 14.6. The Kier molecular flexibility index (Phi) is 7.41. The molecule has 1 aliphatic heterocycles. The second-order valence-corrected chi connectivity index (χ2v) is 11.8. The van der Waals surface area contributed by atoms with E-state index in [0.717, 1.165) is 4.88 Å². The summed E-state index contributed by atoms with van der Waals surface area (Å²) in [6, 6.07) is 11.1. The summed E-state index contributed by atoms with van der Waals surface area (Å²) < 4.78 is 38.1. The maximum absolute atomic E-state index is 12.7. The molecule has 1 saturated heterocycles. The Hall–Kier alpha value is -1.94. The lowest BCUT2D eigenvalue weighted by Gasteiger charge is -2.25. The Labute approximate surface area is 188 Å². The molecule has 170 valence electrons. The molecular formula is C22H30N2O5S2. The van der Waals surface area contributed by atoms with Gasteiger partial charge in [0.05, 0.1) is 19.8 Å². The Balaban J connectivity index is 1.53. The maximum atomic E-state index is 12.7. The van der Waals surface area contributed by atoms with E-state index in [1.165, 1.54) is 21.2 Å². The summed E-state index contributed by atoms with van der Waals surface area (Å²) in [4.78, 5) is 13.2. The molecule has 0 aliphatic carbocycles. The van der Waals surface area contributed by atoms with Gasteiger partial charge in [-0.15, -0.1) is 11.3 Å². The highest BCUT2D eigenvalue weighted by molar-refractivity contribution is 7.91. The van der Waals surface area contributed by atoms with Gasteiger partial charge in [0.1, 0.15) is 9.96 Å². The fourth-order valence-corrected chi connectivity index (χ4v) is 5.97. The average molecular weight is 467 g/mol. The molecule has 3 rings (SSSR count). The third kappa shape index (κ3) is 6.06. The van der Waals surface area contributed by atoms with Crippen LogP contribution < -0.4 is 10.1 Å². The van der Waals surface area contributed by atoms with E-state index >= 15 is 0 Å². The quantitative estimate of drug-likeness (QED) is 0.678. The molecule has 0 spiro atoms. The molecule has 1 unspecified atom stereocenters. The zero-order valence-electron chi connectivity index (χ0n) is 18.4. The van der Waals surface area contributed by atoms with E-state index in [-0.39, 0.29) is 22.1 Å². The minimum absolute atomic E-state index is 0.0519. The summed E-state index contributed by atoms with van der Waals surface area (Å²) in [5.41, 5.74) is 1.24. The van der Waals surface area contributed by atoms with Crippen molar-refractivity contribution in [2.45, 2.75) is 50.0 Å². The molecule has 1 fully saturated rings. The highest BCUT2D eigenvalue weighted by atomic mass is 32.2. The van der Waals surface area contributed by atoms with Crippen molar-refractivity contribution in [3.63, 3.8) is 0 Å². The van der Waals surface area contributed by atoms with Crippen LogP contribution in [0.4, 0.5) is 0 Å². The van der Waals surface area contributed by atoms with Gasteiger partial charge in [-0.3, -0.25) is 4.79 Å². The number of carbonyl (C=O) groups is 1. The van der Waals surface area contributed by atoms with Crippen molar-refractivity contribution in [1.29, 1.82) is 0 Å². The van der Waals surface area contributed by atoms with Crippen LogP contribution in [-0.4, -0.2) is 51.0 Å². The summed E-state index contributed by atoms with van der Waals surface area (Å²) in [5.74, 6) is 0.372. The van der Waals surface area contributed by atoms with Crippen LogP contribution in [0.25, 0.3) is 0 Å². The molecule has 1 aliphatic rings. The van der Waals surface area contributed by atoms with Crippen LogP contribution in [0.5, 0.6) is 5.75 Å². The van der Waals surface area contributed by atoms with Gasteiger partial charge in [-0.05, 0) is 42.2 Å². The molecule has 1 aromatic carbocycles. The van der Waals surface area contributed by atoms with E-state index in [9.17, 15) is 13.2 Å². The Morgan fingerprint density at radius 3 is 2.42 bits per heavy atom. The maximum Gasteiger partial charge on any atom is 0.261 e. The zero-order valence-corrected chi connectivity index (χ0v) is 20.0. The number of rotatable bonds is 7. The molecule has 7 nitrogen and oxygen atoms in total. The third-order valence-electron chi connectivity index (χ3n) is 5.04. The number of ether oxygens (including phenoxy) is 2. The molecule has 2 heterocycles. The lowest BCUT2D eigenvalue weighted by molar-refractivity contribution is -0.127. The number of morpholine rings is 1. The predicted molar refractivity (Wildman–Crippen MR) is 121 cm³/mol. The smallest absolute Gasteiger partial charge is 0.261 e. The molecule has 1 atom stereocenters. The van der Waals surface area contributed by atoms with Crippen LogP contribution in [0.3, 0.4) is 0 Å². The molecular weight excluding hydrogens is 436 g/mol. The molecule has 2 aromatic rings. The van der Waals surface area contributed by atoms with E-state index < -0.39 is 16.1 Å². The average Bonchev–Trinajstić information content (AvgIpc) is 3.22. The summed E-state index contributed by atoms with van der Waals surface area (Å²) >= 11 is 1.17. The standard InChI is InChI=1S/C22H30N2O5S2/c1-16(29-18-7-5-17(6-8-18)22(2,3)4)21(25)23-15-19-9-10-20(30-19)31(26,27)24-11-13-28-14-12-24/h5-10,16H,11-15H2,1-4H3,(H,23,25). The summed E-state index contributed by atoms with van der Waals surface area (Å²) in [6.07, 6.45) is -0.669. The number of sulfonamides is 1. The van der Waals surface area contributed by atoms with Gasteiger partial charge in [0.25, 0.3) is 15.9 Å². The van der Waals surface area contributed by atoms with E-state index in [2.05, 4.69) is 26.1 Å². The number of carbonyl (C=O) groups excluding carboxylic acids is 1. The SMILES string of the molecule is CC(Oc1ccc(C(C)(C)C)cc1)C(=O)NCc1ccc(S(=O)(=O)N2CCOCC2)s1. The van der Waals surface area contributed by atoms with Crippen molar-refractivity contribution < 1.29 is 22.7 Å². The van der Waals surface area contributed by atoms with E-state index in [0.29, 0.717) is 32.1 Å². The monoisotopic (exact) mass is 466 g/mol. The first-order valence-electron chi connectivity index (χ1n) is 10.3. The minimum atomic E-state index is -3.52. The van der Waals surface area contributed by atoms with Crippen LogP contribution >= 0.6 is 11.3 Å². The van der Waals surface area contributed by atoms with Crippen LogP contribution in [0.2, 0.25) is 0 Å². The minimum Gasteiger partial charge on any atom is -0.481 e. The summed E-state index contributed by atoms with van der Waals surface area (Å²) in [5, 5.41) is 2.82. The molecule has 9 heteroatoms. The number of thiophene rings is 1. The molecule has 1 aromatic heterocycles. The van der Waals surface area contributed by atoms with E-state index in [1.807, 2.05) is 24.3 Å². The Morgan fingerprint density at radius 1 is 1.16 bits per heavy atom. The fourth-order valence-electron chi connectivity index (χ4n) is 3.12. The van der Waals surface area contributed by atoms with Gasteiger partial charge in [0.15, 0.2) is 6.10 Å². The Bertz CT molecular complexity index is 988. The van der Waals surface area contributed by atoms with Gasteiger partial charge >= 0.3 is 0 Å². The van der Waals surface area contributed by atoms with Gasteiger partial charge in [0, 0.05) is 18.0 Å². The van der Waals surface area contributed by atoms with Gasteiger partial charge in [-0.25, -0.2) is 8.42 Å². The van der Waals surface area contributed by atoms with Gasteiger partial charge in [-0.2, -0.15) is 4.31 Å². The molecule has 31 heavy (non-hydrogen) atoms.